The quantitative estimate of drug-likeness (QED) is 0.172. The first-order valence-corrected chi connectivity index (χ1v) is 19.7. The molecule has 2 N–H and O–H groups in total. The Hall–Kier alpha value is -2.03. The molecule has 0 amide bonds. The molecule has 0 saturated carbocycles. The first-order valence-electron chi connectivity index (χ1n) is 13.1. The van der Waals surface area contributed by atoms with Gasteiger partial charge >= 0.3 is 7.37 Å². The summed E-state index contributed by atoms with van der Waals surface area (Å²) in [6.45, 7) is 16.0. The molecule has 5 aromatic rings. The normalized spacial score (nSPS) is 10.8. The minimum Gasteiger partial charge on any atom is -0.507 e. The zero-order valence-electron chi connectivity index (χ0n) is 24.8. The van der Waals surface area contributed by atoms with Gasteiger partial charge in [-0.2, -0.15) is 0 Å². The molecule has 0 unspecified atom stereocenters. The SMILES string of the molecule is Cc1cc(C)c(O)c(-c2cc(C)cc(C)c2O)c1.Cc1cc(C)c2op(Cl)oc3c(C)cc(C)cc3c2c1.Cl[PH+](Cl)Cl. The summed E-state index contributed by atoms with van der Waals surface area (Å²) < 4.78 is 11.7. The molecule has 5 rings (SSSR count). The van der Waals surface area contributed by atoms with Crippen molar-refractivity contribution in [1.82, 2.24) is 0 Å². The fourth-order valence-corrected chi connectivity index (χ4v) is 6.27. The molecule has 10 heteroatoms. The topological polar surface area (TPSA) is 66.7 Å². The number of phenolic OH excluding ortho intramolecular Hbond substituents is 2. The van der Waals surface area contributed by atoms with Crippen LogP contribution in [0.15, 0.2) is 56.9 Å². The van der Waals surface area contributed by atoms with E-state index in [2.05, 4.69) is 38.1 Å². The third-order valence-electron chi connectivity index (χ3n) is 6.63. The maximum Gasteiger partial charge on any atom is 0.327 e. The van der Waals surface area contributed by atoms with Gasteiger partial charge in [-0.05, 0) is 124 Å². The van der Waals surface area contributed by atoms with Gasteiger partial charge in [-0.25, -0.2) is 0 Å². The standard InChI is InChI=1S/C16H16ClO2P.C16H18O2.Cl3P/c1-9-5-11(3)15-13(7-9)14-8-10(2)6-12(4)16(14)19-20(17)18-15;1-9-5-11(3)15(17)13(7-9)14-8-10(2)6-12(4)16(14)18;1-4(2)3/h5-8H,1-4H3;5-8,17-18H,1-4H3;/p+1. The molecule has 42 heavy (non-hydrogen) atoms. The van der Waals surface area contributed by atoms with Crippen molar-refractivity contribution in [2.45, 2.75) is 55.4 Å². The average molecular weight is 687 g/mol. The first kappa shape index (κ1) is 34.5. The Balaban J connectivity index is 0.000000206. The molecule has 4 aromatic carbocycles. The zero-order chi connectivity index (χ0) is 31.5. The molecule has 224 valence electrons. The number of halogens is 4. The Morgan fingerprint density at radius 1 is 0.524 bits per heavy atom. The minimum absolute atomic E-state index is 0.237. The summed E-state index contributed by atoms with van der Waals surface area (Å²) in [4.78, 5) is 0. The van der Waals surface area contributed by atoms with Gasteiger partial charge in [0.05, 0.1) is 0 Å². The number of aryl methyl sites for hydroxylation is 8. The van der Waals surface area contributed by atoms with E-state index >= 15 is 0 Å². The molecule has 0 atom stereocenters. The summed E-state index contributed by atoms with van der Waals surface area (Å²) in [5.74, 6) is -0.989. The molecule has 0 aliphatic rings. The summed E-state index contributed by atoms with van der Waals surface area (Å²) in [7, 11) is -1.47. The maximum atomic E-state index is 10.2. The number of phenols is 2. The molecule has 4 nitrogen and oxygen atoms in total. The van der Waals surface area contributed by atoms with Gasteiger partial charge in [0.1, 0.15) is 56.4 Å². The van der Waals surface area contributed by atoms with Crippen LogP contribution in [0.2, 0.25) is 0 Å². The zero-order valence-corrected chi connectivity index (χ0v) is 29.7. The van der Waals surface area contributed by atoms with Gasteiger partial charge in [-0.3, -0.25) is 0 Å². The monoisotopic (exact) mass is 685 g/mol. The van der Waals surface area contributed by atoms with Crippen molar-refractivity contribution in [3.8, 4) is 22.6 Å². The lowest BCUT2D eigenvalue weighted by molar-refractivity contribution is 0.465. The first-order chi connectivity index (χ1) is 19.6. The lowest BCUT2D eigenvalue weighted by Gasteiger charge is -2.13. The van der Waals surface area contributed by atoms with Crippen LogP contribution in [-0.4, -0.2) is 10.2 Å². The third-order valence-corrected chi connectivity index (χ3v) is 7.70. The van der Waals surface area contributed by atoms with Crippen molar-refractivity contribution in [2.75, 3.05) is 0 Å². The fraction of sp³-hybridized carbons (Fsp3) is 0.250. The molecule has 0 saturated heterocycles. The summed E-state index contributed by atoms with van der Waals surface area (Å²) in [5.41, 5.74) is 11.4. The lowest BCUT2D eigenvalue weighted by Crippen LogP contribution is -1.89. The molecule has 1 aromatic heterocycles. The van der Waals surface area contributed by atoms with Crippen molar-refractivity contribution in [3.05, 3.63) is 93.0 Å². The van der Waals surface area contributed by atoms with Crippen LogP contribution in [-0.2, 0) is 0 Å². The molecule has 0 radical (unpaired) electrons. The summed E-state index contributed by atoms with van der Waals surface area (Å²) in [6.07, 6.45) is 0. The van der Waals surface area contributed by atoms with E-state index in [0.717, 1.165) is 55.3 Å². The summed E-state index contributed by atoms with van der Waals surface area (Å²) in [5, 5.41) is 22.5. The second kappa shape index (κ2) is 14.6. The predicted octanol–water partition coefficient (Wildman–Crippen LogP) is 13.2. The largest absolute Gasteiger partial charge is 0.507 e. The van der Waals surface area contributed by atoms with Gasteiger partial charge in [0.2, 0.25) is 0 Å². The van der Waals surface area contributed by atoms with Crippen LogP contribution in [0.3, 0.4) is 0 Å². The van der Waals surface area contributed by atoms with Crippen molar-refractivity contribution in [3.63, 3.8) is 0 Å². The van der Waals surface area contributed by atoms with Crippen molar-refractivity contribution >= 4 is 80.2 Å². The van der Waals surface area contributed by atoms with Gasteiger partial charge in [-0.15, -0.1) is 0 Å². The van der Waals surface area contributed by atoms with Crippen molar-refractivity contribution in [2.24, 2.45) is 0 Å². The average Bonchev–Trinajstić information content (AvgIpc) is 3.00. The molecule has 0 bridgehead atoms. The van der Waals surface area contributed by atoms with Crippen molar-refractivity contribution in [1.29, 1.82) is 0 Å². The van der Waals surface area contributed by atoms with E-state index in [-0.39, 0.29) is 11.5 Å². The van der Waals surface area contributed by atoms with Crippen LogP contribution in [0.25, 0.3) is 33.1 Å². The lowest BCUT2D eigenvalue weighted by atomic mass is 9.95. The molecule has 0 fully saturated rings. The number of rotatable bonds is 1. The van der Waals surface area contributed by atoms with Crippen LogP contribution in [0.5, 0.6) is 11.5 Å². The van der Waals surface area contributed by atoms with E-state index < -0.39 is 13.3 Å². The molecule has 1 heterocycles. The highest BCUT2D eigenvalue weighted by atomic mass is 36.0. The second-order valence-electron chi connectivity index (χ2n) is 10.5. The fourth-order valence-electron chi connectivity index (χ4n) is 5.04. The third kappa shape index (κ3) is 8.54. The number of fused-ring (bicyclic) bond motifs is 3. The number of benzene rings is 4. The molecule has 0 aliphatic heterocycles. The molecule has 0 spiro atoms. The second-order valence-corrected chi connectivity index (χ2v) is 17.7. The molecule has 0 aliphatic carbocycles. The van der Waals surface area contributed by atoms with E-state index in [1.807, 2.05) is 65.8 Å². The Kier molecular flexibility index (Phi) is 12.0. The van der Waals surface area contributed by atoms with E-state index in [4.69, 9.17) is 53.4 Å². The number of aromatic hydroxyl groups is 2. The van der Waals surface area contributed by atoms with Gasteiger partial charge in [0, 0.05) is 33.1 Å². The Morgan fingerprint density at radius 2 is 0.810 bits per heavy atom. The van der Waals surface area contributed by atoms with Gasteiger partial charge in [0.25, 0.3) is 5.98 Å². The van der Waals surface area contributed by atoms with Gasteiger partial charge < -0.3 is 18.6 Å². The van der Waals surface area contributed by atoms with Crippen LogP contribution >= 0.6 is 58.3 Å². The van der Waals surface area contributed by atoms with Crippen LogP contribution < -0.4 is 0 Å². The van der Waals surface area contributed by atoms with E-state index in [0.29, 0.717) is 11.1 Å². The Bertz CT molecular complexity index is 1670. The Labute approximate surface area is 268 Å². The van der Waals surface area contributed by atoms with E-state index in [1.54, 1.807) is 0 Å². The van der Waals surface area contributed by atoms with E-state index in [9.17, 15) is 10.2 Å². The number of hydrogen-bond acceptors (Lipinski definition) is 4. The van der Waals surface area contributed by atoms with E-state index in [1.165, 1.54) is 11.1 Å². The smallest absolute Gasteiger partial charge is 0.327 e. The van der Waals surface area contributed by atoms with Crippen LogP contribution in [0, 0.1) is 55.4 Å². The number of hydrogen-bond donors (Lipinski definition) is 2. The Morgan fingerprint density at radius 3 is 1.14 bits per heavy atom. The predicted molar refractivity (Wildman–Crippen MR) is 187 cm³/mol. The van der Waals surface area contributed by atoms with Crippen molar-refractivity contribution < 1.29 is 18.6 Å². The highest BCUT2D eigenvalue weighted by molar-refractivity contribution is 8.20. The molecular formula is C32H35Cl4O4P2+. The van der Waals surface area contributed by atoms with Crippen LogP contribution in [0.4, 0.5) is 0 Å². The summed E-state index contributed by atoms with van der Waals surface area (Å²) >= 11 is 20.9. The molecular weight excluding hydrogens is 652 g/mol. The minimum atomic E-state index is -1.47. The van der Waals surface area contributed by atoms with Gasteiger partial charge in [-0.1, -0.05) is 24.3 Å². The maximum absolute atomic E-state index is 10.2. The van der Waals surface area contributed by atoms with Gasteiger partial charge in [0.15, 0.2) is 0 Å². The highest BCUT2D eigenvalue weighted by Crippen LogP contribution is 2.51. The van der Waals surface area contributed by atoms with Crippen LogP contribution in [0.1, 0.15) is 44.5 Å². The summed E-state index contributed by atoms with van der Waals surface area (Å²) in [6, 6.07) is 16.1. The highest BCUT2D eigenvalue weighted by Gasteiger charge is 2.14.